The molecule has 1 atom stereocenters. The van der Waals surface area contributed by atoms with Gasteiger partial charge in [-0.3, -0.25) is 0 Å². The average Bonchev–Trinajstić information content (AvgIpc) is 2.48. The second-order valence-electron chi connectivity index (χ2n) is 5.16. The molecular formula is C17H24S2. The van der Waals surface area contributed by atoms with Crippen molar-refractivity contribution in [3.05, 3.63) is 42.0 Å². The molecule has 0 bridgehead atoms. The van der Waals surface area contributed by atoms with Gasteiger partial charge in [0.15, 0.2) is 0 Å². The van der Waals surface area contributed by atoms with Crippen molar-refractivity contribution in [2.24, 2.45) is 0 Å². The van der Waals surface area contributed by atoms with E-state index in [2.05, 4.69) is 60.8 Å². The summed E-state index contributed by atoms with van der Waals surface area (Å²) in [4.78, 5) is 1.41. The Morgan fingerprint density at radius 3 is 2.63 bits per heavy atom. The second-order valence-corrected chi connectivity index (χ2v) is 6.89. The topological polar surface area (TPSA) is 0 Å². The first-order valence-corrected chi connectivity index (χ1v) is 8.93. The van der Waals surface area contributed by atoms with Gasteiger partial charge in [0.25, 0.3) is 0 Å². The Morgan fingerprint density at radius 2 is 1.95 bits per heavy atom. The highest BCUT2D eigenvalue weighted by Crippen LogP contribution is 2.35. The lowest BCUT2D eigenvalue weighted by atomic mass is 9.95. The van der Waals surface area contributed by atoms with Crippen molar-refractivity contribution in [2.45, 2.75) is 55.1 Å². The third-order valence-corrected chi connectivity index (χ3v) is 5.32. The Labute approximate surface area is 127 Å². The molecule has 104 valence electrons. The molecule has 2 rings (SSSR count). The summed E-state index contributed by atoms with van der Waals surface area (Å²) in [5.41, 5.74) is 1.69. The Kier molecular flexibility index (Phi) is 6.94. The quantitative estimate of drug-likeness (QED) is 0.289. The lowest BCUT2D eigenvalue weighted by Crippen LogP contribution is -2.09. The fraction of sp³-hybridized carbons (Fsp3) is 0.529. The van der Waals surface area contributed by atoms with Gasteiger partial charge in [0.2, 0.25) is 0 Å². The van der Waals surface area contributed by atoms with Crippen molar-refractivity contribution in [2.75, 3.05) is 5.75 Å². The predicted octanol–water partition coefficient (Wildman–Crippen LogP) is 5.75. The van der Waals surface area contributed by atoms with Crippen LogP contribution in [-0.4, -0.2) is 11.0 Å². The fourth-order valence-corrected chi connectivity index (χ4v) is 4.10. The molecule has 0 saturated carbocycles. The van der Waals surface area contributed by atoms with Crippen molar-refractivity contribution in [3.8, 4) is 0 Å². The maximum atomic E-state index is 4.33. The number of rotatable bonds is 7. The van der Waals surface area contributed by atoms with E-state index in [0.29, 0.717) is 5.25 Å². The average molecular weight is 293 g/mol. The standard InChI is InChI=1S/C17H24S2/c18-14-8-7-13-17(15-9-3-1-4-10-15)19-16-11-5-2-6-12-16/h2,5-6,9,11-12,17-18H,1,3-4,7-8,10,13-14H2. The van der Waals surface area contributed by atoms with Crippen LogP contribution in [0.25, 0.3) is 0 Å². The number of unbranched alkanes of at least 4 members (excludes halogenated alkanes) is 1. The molecule has 1 aromatic carbocycles. The third kappa shape index (κ3) is 5.27. The molecule has 0 nitrogen and oxygen atoms in total. The van der Waals surface area contributed by atoms with Gasteiger partial charge in [0, 0.05) is 10.1 Å². The number of allylic oxidation sites excluding steroid dienone is 1. The first-order chi connectivity index (χ1) is 9.40. The van der Waals surface area contributed by atoms with Gasteiger partial charge in [0.1, 0.15) is 0 Å². The van der Waals surface area contributed by atoms with Crippen LogP contribution in [0.4, 0.5) is 0 Å². The normalized spacial score (nSPS) is 17.0. The third-order valence-electron chi connectivity index (χ3n) is 3.64. The highest BCUT2D eigenvalue weighted by atomic mass is 32.2. The minimum Gasteiger partial charge on any atom is -0.179 e. The van der Waals surface area contributed by atoms with Gasteiger partial charge >= 0.3 is 0 Å². The SMILES string of the molecule is SCCCCC(Sc1ccccc1)C1=CCCCC1. The molecule has 0 spiro atoms. The molecule has 1 aliphatic carbocycles. The number of thioether (sulfide) groups is 1. The van der Waals surface area contributed by atoms with E-state index < -0.39 is 0 Å². The van der Waals surface area contributed by atoms with Crippen molar-refractivity contribution in [1.29, 1.82) is 0 Å². The lowest BCUT2D eigenvalue weighted by molar-refractivity contribution is 0.648. The highest BCUT2D eigenvalue weighted by Gasteiger charge is 2.17. The van der Waals surface area contributed by atoms with Gasteiger partial charge in [-0.1, -0.05) is 36.3 Å². The van der Waals surface area contributed by atoms with E-state index in [0.717, 1.165) is 5.75 Å². The molecule has 0 radical (unpaired) electrons. The summed E-state index contributed by atoms with van der Waals surface area (Å²) >= 11 is 6.38. The van der Waals surface area contributed by atoms with E-state index in [-0.39, 0.29) is 0 Å². The first kappa shape index (κ1) is 15.1. The smallest absolute Gasteiger partial charge is 0.0303 e. The minimum absolute atomic E-state index is 0.683. The molecule has 0 fully saturated rings. The van der Waals surface area contributed by atoms with Gasteiger partial charge in [-0.15, -0.1) is 11.8 Å². The summed E-state index contributed by atoms with van der Waals surface area (Å²) in [7, 11) is 0. The zero-order chi connectivity index (χ0) is 13.3. The van der Waals surface area contributed by atoms with Crippen LogP contribution in [0.1, 0.15) is 44.9 Å². The van der Waals surface area contributed by atoms with Gasteiger partial charge in [0.05, 0.1) is 0 Å². The Morgan fingerprint density at radius 1 is 1.11 bits per heavy atom. The van der Waals surface area contributed by atoms with E-state index in [1.807, 2.05) is 0 Å². The zero-order valence-electron chi connectivity index (χ0n) is 11.6. The summed E-state index contributed by atoms with van der Waals surface area (Å²) in [6.07, 6.45) is 11.7. The van der Waals surface area contributed by atoms with Crippen molar-refractivity contribution in [3.63, 3.8) is 0 Å². The lowest BCUT2D eigenvalue weighted by Gasteiger charge is -2.23. The molecule has 0 amide bonds. The highest BCUT2D eigenvalue weighted by molar-refractivity contribution is 8.00. The number of thiol groups is 1. The molecule has 1 aliphatic rings. The zero-order valence-corrected chi connectivity index (χ0v) is 13.3. The van der Waals surface area contributed by atoms with E-state index in [4.69, 9.17) is 0 Å². The summed E-state index contributed by atoms with van der Waals surface area (Å²) < 4.78 is 0. The first-order valence-electron chi connectivity index (χ1n) is 7.41. The molecule has 0 saturated heterocycles. The molecule has 0 N–H and O–H groups in total. The minimum atomic E-state index is 0.683. The monoisotopic (exact) mass is 292 g/mol. The molecule has 0 heterocycles. The van der Waals surface area contributed by atoms with Crippen molar-refractivity contribution < 1.29 is 0 Å². The van der Waals surface area contributed by atoms with Crippen molar-refractivity contribution >= 4 is 24.4 Å². The van der Waals surface area contributed by atoms with Crippen LogP contribution in [0.5, 0.6) is 0 Å². The Balaban J connectivity index is 1.98. The van der Waals surface area contributed by atoms with Gasteiger partial charge < -0.3 is 0 Å². The van der Waals surface area contributed by atoms with Crippen LogP contribution in [0, 0.1) is 0 Å². The van der Waals surface area contributed by atoms with Crippen molar-refractivity contribution in [1.82, 2.24) is 0 Å². The summed E-state index contributed by atoms with van der Waals surface area (Å²) in [5, 5.41) is 0.683. The fourth-order valence-electron chi connectivity index (χ4n) is 2.58. The van der Waals surface area contributed by atoms with Crippen LogP contribution in [0.3, 0.4) is 0 Å². The van der Waals surface area contributed by atoms with E-state index in [1.165, 1.54) is 49.8 Å². The Hall–Kier alpha value is -0.340. The molecule has 0 aromatic heterocycles. The van der Waals surface area contributed by atoms with Crippen LogP contribution in [0.2, 0.25) is 0 Å². The molecule has 1 unspecified atom stereocenters. The summed E-state index contributed by atoms with van der Waals surface area (Å²) in [6.45, 7) is 0. The van der Waals surface area contributed by atoms with Crippen LogP contribution < -0.4 is 0 Å². The predicted molar refractivity (Wildman–Crippen MR) is 90.3 cm³/mol. The molecule has 2 heteroatoms. The van der Waals surface area contributed by atoms with Gasteiger partial charge in [-0.25, -0.2) is 0 Å². The van der Waals surface area contributed by atoms with Gasteiger partial charge in [-0.2, -0.15) is 12.6 Å². The molecular weight excluding hydrogens is 268 g/mol. The number of hydrogen-bond acceptors (Lipinski definition) is 2. The van der Waals surface area contributed by atoms with E-state index >= 15 is 0 Å². The van der Waals surface area contributed by atoms with E-state index in [1.54, 1.807) is 5.57 Å². The van der Waals surface area contributed by atoms with Crippen LogP contribution in [-0.2, 0) is 0 Å². The largest absolute Gasteiger partial charge is 0.179 e. The second kappa shape index (κ2) is 8.76. The van der Waals surface area contributed by atoms with Crippen LogP contribution >= 0.6 is 24.4 Å². The Bertz CT molecular complexity index is 384. The van der Waals surface area contributed by atoms with Crippen LogP contribution in [0.15, 0.2) is 46.9 Å². The van der Waals surface area contributed by atoms with E-state index in [9.17, 15) is 0 Å². The number of hydrogen-bond donors (Lipinski definition) is 1. The molecule has 1 aromatic rings. The van der Waals surface area contributed by atoms with Gasteiger partial charge in [-0.05, 0) is 56.4 Å². The summed E-state index contributed by atoms with van der Waals surface area (Å²) in [5.74, 6) is 1.02. The summed E-state index contributed by atoms with van der Waals surface area (Å²) in [6, 6.07) is 10.9. The number of benzene rings is 1. The molecule has 19 heavy (non-hydrogen) atoms. The maximum absolute atomic E-state index is 4.33. The molecule has 0 aliphatic heterocycles. The maximum Gasteiger partial charge on any atom is 0.0303 e.